The number of carbonyl (C=O) groups is 1. The van der Waals surface area contributed by atoms with Crippen molar-refractivity contribution in [2.75, 3.05) is 45.2 Å². The van der Waals surface area contributed by atoms with Crippen molar-refractivity contribution in [2.45, 2.75) is 19.9 Å². The molecule has 5 nitrogen and oxygen atoms in total. The predicted molar refractivity (Wildman–Crippen MR) is 110 cm³/mol. The zero-order valence-electron chi connectivity index (χ0n) is 16.7. The highest BCUT2D eigenvalue weighted by Crippen LogP contribution is 2.23. The molecule has 0 aromatic heterocycles. The van der Waals surface area contributed by atoms with Crippen LogP contribution in [0.2, 0.25) is 0 Å². The van der Waals surface area contributed by atoms with Crippen LogP contribution in [0.15, 0.2) is 42.5 Å². The topological polar surface area (TPSA) is 44.8 Å². The summed E-state index contributed by atoms with van der Waals surface area (Å²) in [6.07, 6.45) is 0. The van der Waals surface area contributed by atoms with Crippen LogP contribution in [-0.2, 0) is 0 Å². The van der Waals surface area contributed by atoms with Crippen LogP contribution in [0.25, 0.3) is 0 Å². The Morgan fingerprint density at radius 3 is 2.56 bits per heavy atom. The fourth-order valence-electron chi connectivity index (χ4n) is 3.38. The van der Waals surface area contributed by atoms with Crippen LogP contribution in [-0.4, -0.2) is 51.1 Å². The van der Waals surface area contributed by atoms with Crippen LogP contribution >= 0.6 is 0 Å². The summed E-state index contributed by atoms with van der Waals surface area (Å²) < 4.78 is 5.28. The van der Waals surface area contributed by atoms with E-state index in [2.05, 4.69) is 28.2 Å². The van der Waals surface area contributed by atoms with Crippen LogP contribution in [0.5, 0.6) is 5.75 Å². The molecule has 1 heterocycles. The SMILES string of the molecule is COc1cccc([C@@H](C)NC(=O)c2cc(N3CCN(C)CC3)ccc2C)c1. The fraction of sp³-hybridized carbons (Fsp3) is 0.409. The number of rotatable bonds is 5. The maximum Gasteiger partial charge on any atom is 0.252 e. The summed E-state index contributed by atoms with van der Waals surface area (Å²) in [5, 5.41) is 3.12. The van der Waals surface area contributed by atoms with Gasteiger partial charge in [0.25, 0.3) is 5.91 Å². The van der Waals surface area contributed by atoms with Gasteiger partial charge in [0.05, 0.1) is 13.2 Å². The summed E-state index contributed by atoms with van der Waals surface area (Å²) >= 11 is 0. The largest absolute Gasteiger partial charge is 0.497 e. The second kappa shape index (κ2) is 8.44. The van der Waals surface area contributed by atoms with Crippen molar-refractivity contribution < 1.29 is 9.53 Å². The van der Waals surface area contributed by atoms with Crippen molar-refractivity contribution in [3.05, 3.63) is 59.2 Å². The second-order valence-electron chi connectivity index (χ2n) is 7.26. The third-order valence-corrected chi connectivity index (χ3v) is 5.28. The Balaban J connectivity index is 1.74. The molecule has 0 bridgehead atoms. The molecular weight excluding hydrogens is 338 g/mol. The molecule has 1 aliphatic heterocycles. The first-order chi connectivity index (χ1) is 13.0. The number of likely N-dealkylation sites (N-methyl/N-ethyl adjacent to an activating group) is 1. The number of ether oxygens (including phenoxy) is 1. The molecule has 1 aliphatic rings. The number of hydrogen-bond donors (Lipinski definition) is 1. The van der Waals surface area contributed by atoms with Gasteiger partial charge in [-0.1, -0.05) is 18.2 Å². The summed E-state index contributed by atoms with van der Waals surface area (Å²) in [6, 6.07) is 13.9. The standard InChI is InChI=1S/C22H29N3O2/c1-16-8-9-19(25-12-10-24(3)11-13-25)15-21(16)22(26)23-17(2)18-6-5-7-20(14-18)27-4/h5-9,14-15,17H,10-13H2,1-4H3,(H,23,26)/t17-/m1/s1. The van der Waals surface area contributed by atoms with E-state index >= 15 is 0 Å². The van der Waals surface area contributed by atoms with Crippen LogP contribution in [0.1, 0.15) is 34.5 Å². The Labute approximate surface area is 161 Å². The molecule has 0 aliphatic carbocycles. The van der Waals surface area contributed by atoms with Crippen molar-refractivity contribution in [3.63, 3.8) is 0 Å². The lowest BCUT2D eigenvalue weighted by Gasteiger charge is -2.34. The van der Waals surface area contributed by atoms with Crippen LogP contribution in [0, 0.1) is 6.92 Å². The number of aryl methyl sites for hydroxylation is 1. The number of piperazine rings is 1. The molecule has 1 amide bonds. The van der Waals surface area contributed by atoms with Gasteiger partial charge in [-0.2, -0.15) is 0 Å². The molecule has 1 saturated heterocycles. The lowest BCUT2D eigenvalue weighted by molar-refractivity contribution is 0.0939. The number of methoxy groups -OCH3 is 1. The predicted octanol–water partition coefficient (Wildman–Crippen LogP) is 3.25. The molecule has 1 fully saturated rings. The summed E-state index contributed by atoms with van der Waals surface area (Å²) in [6.45, 7) is 8.04. The molecule has 144 valence electrons. The van der Waals surface area contributed by atoms with E-state index in [0.29, 0.717) is 0 Å². The second-order valence-corrected chi connectivity index (χ2v) is 7.26. The lowest BCUT2D eigenvalue weighted by atomic mass is 10.0. The Bertz CT molecular complexity index is 798. The smallest absolute Gasteiger partial charge is 0.252 e. The van der Waals surface area contributed by atoms with Gasteiger partial charge in [0.2, 0.25) is 0 Å². The van der Waals surface area contributed by atoms with Gasteiger partial charge in [-0.05, 0) is 56.3 Å². The van der Waals surface area contributed by atoms with Crippen LogP contribution in [0.3, 0.4) is 0 Å². The minimum Gasteiger partial charge on any atom is -0.497 e. The lowest BCUT2D eigenvalue weighted by Crippen LogP contribution is -2.44. The van der Waals surface area contributed by atoms with Gasteiger partial charge in [-0.3, -0.25) is 4.79 Å². The number of nitrogens with one attached hydrogen (secondary N) is 1. The van der Waals surface area contributed by atoms with E-state index in [1.54, 1.807) is 7.11 Å². The minimum absolute atomic E-state index is 0.0428. The number of anilines is 1. The Hall–Kier alpha value is -2.53. The molecule has 0 spiro atoms. The van der Waals surface area contributed by atoms with E-state index in [-0.39, 0.29) is 11.9 Å². The van der Waals surface area contributed by atoms with Gasteiger partial charge in [-0.15, -0.1) is 0 Å². The fourth-order valence-corrected chi connectivity index (χ4v) is 3.38. The highest BCUT2D eigenvalue weighted by Gasteiger charge is 2.18. The molecule has 0 saturated carbocycles. The van der Waals surface area contributed by atoms with Crippen LogP contribution < -0.4 is 15.0 Å². The number of carbonyl (C=O) groups excluding carboxylic acids is 1. The third-order valence-electron chi connectivity index (χ3n) is 5.28. The van der Waals surface area contributed by atoms with E-state index in [1.165, 1.54) is 0 Å². The Kier molecular flexibility index (Phi) is 6.01. The molecule has 3 rings (SSSR count). The summed E-state index contributed by atoms with van der Waals surface area (Å²) in [5.74, 6) is 0.751. The third kappa shape index (κ3) is 4.61. The highest BCUT2D eigenvalue weighted by molar-refractivity contribution is 5.96. The number of nitrogens with zero attached hydrogens (tertiary/aromatic N) is 2. The normalized spacial score (nSPS) is 16.1. The summed E-state index contributed by atoms with van der Waals surface area (Å²) in [4.78, 5) is 17.6. The zero-order chi connectivity index (χ0) is 19.4. The van der Waals surface area contributed by atoms with Gasteiger partial charge >= 0.3 is 0 Å². The Morgan fingerprint density at radius 1 is 1.11 bits per heavy atom. The van der Waals surface area contributed by atoms with E-state index in [1.807, 2.05) is 50.2 Å². The van der Waals surface area contributed by atoms with E-state index < -0.39 is 0 Å². The maximum atomic E-state index is 12.9. The quantitative estimate of drug-likeness (QED) is 0.881. The monoisotopic (exact) mass is 367 g/mol. The Morgan fingerprint density at radius 2 is 1.85 bits per heavy atom. The number of amides is 1. The van der Waals surface area contributed by atoms with Crippen molar-refractivity contribution in [3.8, 4) is 5.75 Å². The first-order valence-corrected chi connectivity index (χ1v) is 9.47. The molecule has 5 heteroatoms. The van der Waals surface area contributed by atoms with Gasteiger partial charge in [0.1, 0.15) is 5.75 Å². The average Bonchev–Trinajstić information content (AvgIpc) is 2.69. The van der Waals surface area contributed by atoms with Gasteiger partial charge in [-0.25, -0.2) is 0 Å². The van der Waals surface area contributed by atoms with E-state index in [0.717, 1.165) is 54.3 Å². The molecule has 27 heavy (non-hydrogen) atoms. The minimum atomic E-state index is -0.0979. The van der Waals surface area contributed by atoms with Crippen molar-refractivity contribution >= 4 is 11.6 Å². The van der Waals surface area contributed by atoms with Crippen LogP contribution in [0.4, 0.5) is 5.69 Å². The van der Waals surface area contributed by atoms with Crippen molar-refractivity contribution in [1.29, 1.82) is 0 Å². The molecule has 1 N–H and O–H groups in total. The first-order valence-electron chi connectivity index (χ1n) is 9.47. The zero-order valence-corrected chi connectivity index (χ0v) is 16.7. The average molecular weight is 367 g/mol. The number of hydrogen-bond acceptors (Lipinski definition) is 4. The summed E-state index contributed by atoms with van der Waals surface area (Å²) in [5.41, 5.74) is 3.87. The molecule has 0 radical (unpaired) electrons. The van der Waals surface area contributed by atoms with Gasteiger partial charge < -0.3 is 19.9 Å². The molecule has 2 aromatic carbocycles. The maximum absolute atomic E-state index is 12.9. The van der Waals surface area contributed by atoms with E-state index in [9.17, 15) is 4.79 Å². The molecule has 0 unspecified atom stereocenters. The number of benzene rings is 2. The summed E-state index contributed by atoms with van der Waals surface area (Å²) in [7, 11) is 3.79. The highest BCUT2D eigenvalue weighted by atomic mass is 16.5. The van der Waals surface area contributed by atoms with Gasteiger partial charge in [0, 0.05) is 37.4 Å². The van der Waals surface area contributed by atoms with Crippen molar-refractivity contribution in [1.82, 2.24) is 10.2 Å². The first kappa shape index (κ1) is 19.2. The molecular formula is C22H29N3O2. The molecule has 2 aromatic rings. The molecule has 1 atom stereocenters. The van der Waals surface area contributed by atoms with E-state index in [4.69, 9.17) is 4.74 Å². The van der Waals surface area contributed by atoms with Crippen molar-refractivity contribution in [2.24, 2.45) is 0 Å². The van der Waals surface area contributed by atoms with Gasteiger partial charge in [0.15, 0.2) is 0 Å².